The molecule has 1 aliphatic rings. The number of rotatable bonds is 9. The van der Waals surface area contributed by atoms with Gasteiger partial charge in [0.2, 0.25) is 0 Å². The van der Waals surface area contributed by atoms with Crippen LogP contribution in [0.15, 0.2) is 47.6 Å². The molecule has 31 heavy (non-hydrogen) atoms. The van der Waals surface area contributed by atoms with Crippen molar-refractivity contribution >= 4 is 18.2 Å². The van der Waals surface area contributed by atoms with E-state index in [4.69, 9.17) is 14.2 Å². The number of carbonyl (C=O) groups is 2. The fourth-order valence-corrected chi connectivity index (χ4v) is 3.18. The van der Waals surface area contributed by atoms with Gasteiger partial charge in [-0.05, 0) is 61.7 Å². The first-order chi connectivity index (χ1) is 14.9. The highest BCUT2D eigenvalue weighted by molar-refractivity contribution is 6.07. The van der Waals surface area contributed by atoms with Crippen molar-refractivity contribution in [3.8, 4) is 17.2 Å². The third-order valence-corrected chi connectivity index (χ3v) is 4.89. The third kappa shape index (κ3) is 4.63. The van der Waals surface area contributed by atoms with Crippen LogP contribution in [-0.4, -0.2) is 43.5 Å². The summed E-state index contributed by atoms with van der Waals surface area (Å²) in [6.45, 7) is 6.63. The van der Waals surface area contributed by atoms with Crippen LogP contribution in [0.3, 0.4) is 0 Å². The van der Waals surface area contributed by atoms with E-state index >= 15 is 0 Å². The molecule has 1 fully saturated rings. The first-order valence-electron chi connectivity index (χ1n) is 10.2. The van der Waals surface area contributed by atoms with E-state index in [1.165, 1.54) is 6.21 Å². The Kier molecular flexibility index (Phi) is 6.79. The number of carbonyl (C=O) groups excluding carboxylic acids is 2. The minimum Gasteiger partial charge on any atom is -0.497 e. The number of hydrazone groups is 1. The Morgan fingerprint density at radius 1 is 1.06 bits per heavy atom. The number of benzene rings is 2. The lowest BCUT2D eigenvalue weighted by atomic mass is 9.92. The number of ether oxygens (including phenoxy) is 3. The summed E-state index contributed by atoms with van der Waals surface area (Å²) in [5.74, 6) is 1.42. The third-order valence-electron chi connectivity index (χ3n) is 4.89. The Bertz CT molecular complexity index is 974. The molecule has 1 aliphatic heterocycles. The molecule has 3 amide bonds. The van der Waals surface area contributed by atoms with Crippen molar-refractivity contribution < 1.29 is 23.8 Å². The quantitative estimate of drug-likeness (QED) is 0.489. The number of hydrogen-bond donors (Lipinski definition) is 1. The summed E-state index contributed by atoms with van der Waals surface area (Å²) < 4.78 is 16.5. The number of hydrogen-bond acceptors (Lipinski definition) is 6. The lowest BCUT2D eigenvalue weighted by Crippen LogP contribution is -2.40. The summed E-state index contributed by atoms with van der Waals surface area (Å²) in [4.78, 5) is 25.5. The van der Waals surface area contributed by atoms with Crippen LogP contribution in [0.25, 0.3) is 0 Å². The van der Waals surface area contributed by atoms with E-state index in [2.05, 4.69) is 10.4 Å². The lowest BCUT2D eigenvalue weighted by molar-refractivity contribution is -0.131. The summed E-state index contributed by atoms with van der Waals surface area (Å²) in [6.07, 6.45) is 2.33. The molecule has 0 aliphatic carbocycles. The van der Waals surface area contributed by atoms with Crippen LogP contribution in [-0.2, 0) is 10.3 Å². The van der Waals surface area contributed by atoms with Gasteiger partial charge in [0.1, 0.15) is 11.3 Å². The zero-order chi connectivity index (χ0) is 22.4. The van der Waals surface area contributed by atoms with Crippen LogP contribution in [0, 0.1) is 0 Å². The SMILES string of the molecule is CCCOc1ccc(/C=N\N2C(=O)N[C@@](C)(c3ccc(OC)cc3)C2=O)cc1OCC. The van der Waals surface area contributed by atoms with Crippen molar-refractivity contribution in [1.29, 1.82) is 0 Å². The Balaban J connectivity index is 1.81. The van der Waals surface area contributed by atoms with Crippen LogP contribution in [0.5, 0.6) is 17.2 Å². The van der Waals surface area contributed by atoms with Gasteiger partial charge in [0.25, 0.3) is 5.91 Å². The first kappa shape index (κ1) is 22.1. The largest absolute Gasteiger partial charge is 0.497 e. The molecule has 0 radical (unpaired) electrons. The van der Waals surface area contributed by atoms with Crippen molar-refractivity contribution in [2.24, 2.45) is 5.10 Å². The van der Waals surface area contributed by atoms with Crippen LogP contribution in [0.4, 0.5) is 4.79 Å². The van der Waals surface area contributed by atoms with Gasteiger partial charge in [-0.2, -0.15) is 5.10 Å². The smallest absolute Gasteiger partial charge is 0.346 e. The molecule has 0 unspecified atom stereocenters. The average Bonchev–Trinajstić information content (AvgIpc) is 3.00. The van der Waals surface area contributed by atoms with Gasteiger partial charge in [-0.3, -0.25) is 4.79 Å². The zero-order valence-electron chi connectivity index (χ0n) is 18.2. The van der Waals surface area contributed by atoms with Crippen LogP contribution >= 0.6 is 0 Å². The van der Waals surface area contributed by atoms with Gasteiger partial charge in [-0.1, -0.05) is 19.1 Å². The van der Waals surface area contributed by atoms with E-state index in [0.717, 1.165) is 11.4 Å². The van der Waals surface area contributed by atoms with Crippen LogP contribution in [0.2, 0.25) is 0 Å². The van der Waals surface area contributed by atoms with Crippen LogP contribution in [0.1, 0.15) is 38.3 Å². The second-order valence-electron chi connectivity index (χ2n) is 7.13. The Labute approximate surface area is 181 Å². The van der Waals surface area contributed by atoms with E-state index in [1.54, 1.807) is 56.5 Å². The fraction of sp³-hybridized carbons (Fsp3) is 0.348. The van der Waals surface area contributed by atoms with E-state index < -0.39 is 17.5 Å². The van der Waals surface area contributed by atoms with E-state index in [0.29, 0.717) is 41.6 Å². The highest BCUT2D eigenvalue weighted by Crippen LogP contribution is 2.31. The van der Waals surface area contributed by atoms with Gasteiger partial charge in [0, 0.05) is 0 Å². The molecule has 2 aromatic carbocycles. The van der Waals surface area contributed by atoms with Gasteiger partial charge in [-0.25, -0.2) is 4.79 Å². The van der Waals surface area contributed by atoms with Gasteiger partial charge < -0.3 is 19.5 Å². The molecule has 1 saturated heterocycles. The standard InChI is InChI=1S/C23H27N3O5/c1-5-13-31-19-12-7-16(14-20(19)30-6-2)15-24-26-21(27)23(3,25-22(26)28)17-8-10-18(29-4)11-9-17/h7-12,14-15H,5-6,13H2,1-4H3,(H,25,28)/b24-15-/t23-/m0/s1. The molecule has 8 nitrogen and oxygen atoms in total. The molecular formula is C23H27N3O5. The van der Waals surface area contributed by atoms with Crippen molar-refractivity contribution in [3.05, 3.63) is 53.6 Å². The minimum absolute atomic E-state index is 0.466. The van der Waals surface area contributed by atoms with Gasteiger partial charge >= 0.3 is 6.03 Å². The Hall–Kier alpha value is -3.55. The van der Waals surface area contributed by atoms with Gasteiger partial charge in [0.05, 0.1) is 26.5 Å². The van der Waals surface area contributed by atoms with Crippen molar-refractivity contribution in [2.75, 3.05) is 20.3 Å². The summed E-state index contributed by atoms with van der Waals surface area (Å²) in [7, 11) is 1.56. The van der Waals surface area contributed by atoms with Gasteiger partial charge in [-0.15, -0.1) is 5.01 Å². The summed E-state index contributed by atoms with van der Waals surface area (Å²) in [5.41, 5.74) is 0.0982. The van der Waals surface area contributed by atoms with E-state index in [9.17, 15) is 9.59 Å². The summed E-state index contributed by atoms with van der Waals surface area (Å²) in [5, 5.41) is 7.69. The molecule has 164 valence electrons. The van der Waals surface area contributed by atoms with Crippen LogP contribution < -0.4 is 19.5 Å². The molecule has 1 atom stereocenters. The fourth-order valence-electron chi connectivity index (χ4n) is 3.18. The number of nitrogens with zero attached hydrogens (tertiary/aromatic N) is 2. The second-order valence-corrected chi connectivity index (χ2v) is 7.13. The molecule has 8 heteroatoms. The Morgan fingerprint density at radius 2 is 1.81 bits per heavy atom. The number of nitrogens with one attached hydrogen (secondary N) is 1. The normalized spacial score (nSPS) is 18.4. The average molecular weight is 425 g/mol. The number of urea groups is 1. The van der Waals surface area contributed by atoms with Crippen molar-refractivity contribution in [3.63, 3.8) is 0 Å². The topological polar surface area (TPSA) is 89.5 Å². The second kappa shape index (κ2) is 9.51. The van der Waals surface area contributed by atoms with Crippen molar-refractivity contribution in [1.82, 2.24) is 10.3 Å². The highest BCUT2D eigenvalue weighted by Gasteiger charge is 2.49. The molecule has 0 saturated carbocycles. The molecule has 2 aromatic rings. The molecular weight excluding hydrogens is 398 g/mol. The maximum Gasteiger partial charge on any atom is 0.346 e. The van der Waals surface area contributed by atoms with E-state index in [-0.39, 0.29) is 0 Å². The minimum atomic E-state index is -1.21. The molecule has 0 aromatic heterocycles. The molecule has 1 heterocycles. The predicted molar refractivity (Wildman–Crippen MR) is 117 cm³/mol. The number of methoxy groups -OCH3 is 1. The predicted octanol–water partition coefficient (Wildman–Crippen LogP) is 3.68. The van der Waals surface area contributed by atoms with Crippen molar-refractivity contribution in [2.45, 2.75) is 32.7 Å². The molecule has 1 N–H and O–H groups in total. The lowest BCUT2D eigenvalue weighted by Gasteiger charge is -2.21. The molecule has 0 bridgehead atoms. The Morgan fingerprint density at radius 3 is 2.45 bits per heavy atom. The number of amides is 3. The number of imide groups is 1. The molecule has 3 rings (SSSR count). The first-order valence-corrected chi connectivity index (χ1v) is 10.2. The van der Waals surface area contributed by atoms with E-state index in [1.807, 2.05) is 13.8 Å². The van der Waals surface area contributed by atoms with Gasteiger partial charge in [0.15, 0.2) is 11.5 Å². The zero-order valence-corrected chi connectivity index (χ0v) is 18.2. The monoisotopic (exact) mass is 425 g/mol. The highest BCUT2D eigenvalue weighted by atomic mass is 16.5. The summed E-state index contributed by atoms with van der Waals surface area (Å²) >= 11 is 0. The molecule has 0 spiro atoms. The maximum absolute atomic E-state index is 13.0. The summed E-state index contributed by atoms with van der Waals surface area (Å²) in [6, 6.07) is 11.7. The maximum atomic E-state index is 13.0.